The molecule has 0 aliphatic heterocycles. The minimum absolute atomic E-state index is 0.119. The predicted molar refractivity (Wildman–Crippen MR) is 88.0 cm³/mol. The predicted octanol–water partition coefficient (Wildman–Crippen LogP) is 2.95. The maximum atomic E-state index is 11.3. The van der Waals surface area contributed by atoms with Gasteiger partial charge in [0.25, 0.3) is 0 Å². The van der Waals surface area contributed by atoms with Crippen LogP contribution in [0.25, 0.3) is 0 Å². The van der Waals surface area contributed by atoms with Gasteiger partial charge in [0.05, 0.1) is 5.71 Å². The van der Waals surface area contributed by atoms with Crippen LogP contribution < -0.4 is 5.32 Å². The molecule has 0 heterocycles. The lowest BCUT2D eigenvalue weighted by Gasteiger charge is -2.17. The van der Waals surface area contributed by atoms with Crippen molar-refractivity contribution >= 4 is 11.7 Å². The van der Waals surface area contributed by atoms with E-state index in [1.807, 2.05) is 45.0 Å². The van der Waals surface area contributed by atoms with Crippen LogP contribution >= 0.6 is 0 Å². The van der Waals surface area contributed by atoms with Crippen molar-refractivity contribution in [2.24, 2.45) is 5.16 Å². The maximum absolute atomic E-state index is 11.3. The average molecular weight is 304 g/mol. The minimum Gasteiger partial charge on any atom is -0.480 e. The lowest BCUT2D eigenvalue weighted by molar-refractivity contribution is -0.139. The number of nitrogens with one attached hydrogen (secondary N) is 1. The zero-order valence-corrected chi connectivity index (χ0v) is 13.6. The highest BCUT2D eigenvalue weighted by Crippen LogP contribution is 2.10. The van der Waals surface area contributed by atoms with Crippen LogP contribution in [0.3, 0.4) is 0 Å². The first kappa shape index (κ1) is 17.9. The molecule has 0 aliphatic rings. The van der Waals surface area contributed by atoms with Crippen molar-refractivity contribution in [2.75, 3.05) is 0 Å². The number of carboxylic acids is 1. The summed E-state index contributed by atoms with van der Waals surface area (Å²) in [6.07, 6.45) is 0.437. The molecule has 1 aromatic rings. The molecule has 1 unspecified atom stereocenters. The Bertz CT molecular complexity index is 548. The molecule has 1 atom stereocenters. The molecule has 5 nitrogen and oxygen atoms in total. The summed E-state index contributed by atoms with van der Waals surface area (Å²) >= 11 is 0. The Labute approximate surface area is 131 Å². The van der Waals surface area contributed by atoms with Crippen LogP contribution in [0.15, 0.2) is 41.8 Å². The van der Waals surface area contributed by atoms with Crippen LogP contribution in [0.4, 0.5) is 0 Å². The first-order valence-electron chi connectivity index (χ1n) is 7.25. The Morgan fingerprint density at radius 1 is 1.32 bits per heavy atom. The van der Waals surface area contributed by atoms with E-state index in [1.54, 1.807) is 6.92 Å². The van der Waals surface area contributed by atoms with E-state index in [0.29, 0.717) is 12.2 Å². The van der Waals surface area contributed by atoms with E-state index in [0.717, 1.165) is 16.8 Å². The molecule has 0 bridgehead atoms. The van der Waals surface area contributed by atoms with Gasteiger partial charge in [-0.05, 0) is 31.4 Å². The zero-order chi connectivity index (χ0) is 16.7. The number of carboxylic acid groups (broad SMARTS) is 1. The van der Waals surface area contributed by atoms with Gasteiger partial charge in [0.1, 0.15) is 11.8 Å². The van der Waals surface area contributed by atoms with E-state index in [2.05, 4.69) is 17.1 Å². The van der Waals surface area contributed by atoms with Crippen molar-refractivity contribution in [1.29, 1.82) is 0 Å². The van der Waals surface area contributed by atoms with Crippen molar-refractivity contribution in [2.45, 2.75) is 46.2 Å². The van der Waals surface area contributed by atoms with Crippen molar-refractivity contribution in [3.8, 4) is 0 Å². The molecule has 22 heavy (non-hydrogen) atoms. The van der Waals surface area contributed by atoms with Gasteiger partial charge in [0, 0.05) is 6.04 Å². The van der Waals surface area contributed by atoms with Crippen molar-refractivity contribution in [1.82, 2.24) is 5.32 Å². The third-order valence-corrected chi connectivity index (χ3v) is 2.98. The normalized spacial score (nSPS) is 13.0. The second-order valence-corrected chi connectivity index (χ2v) is 5.58. The number of hydrogen-bond acceptors (Lipinski definition) is 4. The van der Waals surface area contributed by atoms with Gasteiger partial charge in [0.2, 0.25) is 0 Å². The molecule has 0 radical (unpaired) electrons. The van der Waals surface area contributed by atoms with Gasteiger partial charge in [-0.2, -0.15) is 0 Å². The molecule has 0 saturated carbocycles. The topological polar surface area (TPSA) is 70.9 Å². The van der Waals surface area contributed by atoms with Crippen LogP contribution in [0.1, 0.15) is 38.8 Å². The Morgan fingerprint density at radius 3 is 2.36 bits per heavy atom. The van der Waals surface area contributed by atoms with E-state index in [1.165, 1.54) is 0 Å². The summed E-state index contributed by atoms with van der Waals surface area (Å²) in [5.41, 5.74) is 2.62. The van der Waals surface area contributed by atoms with Gasteiger partial charge < -0.3 is 15.3 Å². The third-order valence-electron chi connectivity index (χ3n) is 2.98. The van der Waals surface area contributed by atoms with Crippen molar-refractivity contribution in [3.63, 3.8) is 0 Å². The SMILES string of the molecule is C=C(C)O/N=C(/C)c1ccc(CC(NC(C)C)C(=O)O)cc1. The van der Waals surface area contributed by atoms with Crippen LogP contribution in [0.2, 0.25) is 0 Å². The summed E-state index contributed by atoms with van der Waals surface area (Å²) in [5.74, 6) is -0.314. The zero-order valence-electron chi connectivity index (χ0n) is 13.6. The molecule has 1 rings (SSSR count). The number of allylic oxidation sites excluding steroid dienone is 1. The van der Waals surface area contributed by atoms with Crippen molar-refractivity contribution in [3.05, 3.63) is 47.7 Å². The van der Waals surface area contributed by atoms with E-state index < -0.39 is 12.0 Å². The molecule has 0 fully saturated rings. The monoisotopic (exact) mass is 304 g/mol. The summed E-state index contributed by atoms with van der Waals surface area (Å²) in [6, 6.07) is 7.16. The Hall–Kier alpha value is -2.14. The lowest BCUT2D eigenvalue weighted by atomic mass is 10.0. The fraction of sp³-hybridized carbons (Fsp3) is 0.412. The number of rotatable bonds is 8. The maximum Gasteiger partial charge on any atom is 0.321 e. The Kier molecular flexibility index (Phi) is 6.79. The molecule has 2 N–H and O–H groups in total. The molecule has 1 aromatic carbocycles. The van der Waals surface area contributed by atoms with Crippen LogP contribution in [0.5, 0.6) is 0 Å². The van der Waals surface area contributed by atoms with Gasteiger partial charge in [0.15, 0.2) is 0 Å². The standard InChI is InChI=1S/C17H24N2O3/c1-11(2)18-16(17(20)21)10-14-6-8-15(9-7-14)13(5)19-22-12(3)4/h6-9,11,16,18H,3,10H2,1-2,4-5H3,(H,20,21)/b19-13-. The largest absolute Gasteiger partial charge is 0.480 e. The summed E-state index contributed by atoms with van der Waals surface area (Å²) in [7, 11) is 0. The van der Waals surface area contributed by atoms with Gasteiger partial charge in [-0.1, -0.05) is 49.8 Å². The molecule has 5 heteroatoms. The summed E-state index contributed by atoms with van der Waals surface area (Å²) in [6.45, 7) is 11.1. The molecule has 120 valence electrons. The first-order valence-corrected chi connectivity index (χ1v) is 7.25. The minimum atomic E-state index is -0.842. The first-order chi connectivity index (χ1) is 10.3. The third kappa shape index (κ3) is 6.10. The molecule has 0 aromatic heterocycles. The molecule has 0 amide bonds. The smallest absolute Gasteiger partial charge is 0.321 e. The number of oxime groups is 1. The number of nitrogens with zero attached hydrogens (tertiary/aromatic N) is 1. The van der Waals surface area contributed by atoms with E-state index in [4.69, 9.17) is 4.84 Å². The molecular formula is C17H24N2O3. The summed E-state index contributed by atoms with van der Waals surface area (Å²) < 4.78 is 0. The van der Waals surface area contributed by atoms with Crippen LogP contribution in [0, 0.1) is 0 Å². The highest BCUT2D eigenvalue weighted by atomic mass is 16.6. The van der Waals surface area contributed by atoms with Gasteiger partial charge in [-0.3, -0.25) is 4.79 Å². The summed E-state index contributed by atoms with van der Waals surface area (Å²) in [5, 5.41) is 16.2. The average Bonchev–Trinajstić information content (AvgIpc) is 2.44. The number of carbonyl (C=O) groups is 1. The van der Waals surface area contributed by atoms with E-state index in [9.17, 15) is 9.90 Å². The molecule has 0 saturated heterocycles. The quantitative estimate of drug-likeness (QED) is 0.440. The second-order valence-electron chi connectivity index (χ2n) is 5.58. The Balaban J connectivity index is 2.77. The highest BCUT2D eigenvalue weighted by Gasteiger charge is 2.18. The molecule has 0 aliphatic carbocycles. The van der Waals surface area contributed by atoms with Gasteiger partial charge in [-0.15, -0.1) is 0 Å². The number of benzene rings is 1. The van der Waals surface area contributed by atoms with Crippen LogP contribution in [-0.4, -0.2) is 28.9 Å². The fourth-order valence-corrected chi connectivity index (χ4v) is 1.94. The van der Waals surface area contributed by atoms with Gasteiger partial charge in [-0.25, -0.2) is 0 Å². The highest BCUT2D eigenvalue weighted by molar-refractivity contribution is 5.98. The van der Waals surface area contributed by atoms with Crippen LogP contribution in [-0.2, 0) is 16.1 Å². The number of aliphatic carboxylic acids is 1. The Morgan fingerprint density at radius 2 is 1.91 bits per heavy atom. The van der Waals surface area contributed by atoms with E-state index in [-0.39, 0.29) is 6.04 Å². The van der Waals surface area contributed by atoms with E-state index >= 15 is 0 Å². The molecular weight excluding hydrogens is 280 g/mol. The lowest BCUT2D eigenvalue weighted by Crippen LogP contribution is -2.42. The fourth-order valence-electron chi connectivity index (χ4n) is 1.94. The summed E-state index contributed by atoms with van der Waals surface area (Å²) in [4.78, 5) is 16.3. The second kappa shape index (κ2) is 8.34. The molecule has 0 spiro atoms. The van der Waals surface area contributed by atoms with Crippen molar-refractivity contribution < 1.29 is 14.7 Å². The van der Waals surface area contributed by atoms with Gasteiger partial charge >= 0.3 is 5.97 Å². The number of hydrogen-bond donors (Lipinski definition) is 2.